The molecule has 0 radical (unpaired) electrons. The molecular weight excluding hydrogens is 292 g/mol. The zero-order valence-electron chi connectivity index (χ0n) is 8.82. The van der Waals surface area contributed by atoms with Crippen LogP contribution in [0.25, 0.3) is 0 Å². The number of aryl methyl sites for hydroxylation is 1. The van der Waals surface area contributed by atoms with E-state index in [0.29, 0.717) is 5.04 Å². The molecule has 7 heteroatoms. The molecule has 0 bridgehead atoms. The normalized spacial score (nSPS) is 11.6. The minimum absolute atomic E-state index is 0.183. The van der Waals surface area contributed by atoms with Crippen molar-refractivity contribution in [1.29, 1.82) is 5.41 Å². The average molecular weight is 303 g/mol. The van der Waals surface area contributed by atoms with E-state index in [0.717, 1.165) is 16.2 Å². The van der Waals surface area contributed by atoms with Crippen molar-refractivity contribution >= 4 is 43.6 Å². The number of hydrogen-bond donors (Lipinski definition) is 2. The zero-order chi connectivity index (χ0) is 12.3. The quantitative estimate of drug-likeness (QED) is 0.613. The van der Waals surface area contributed by atoms with Crippen LogP contribution < -0.4 is 11.3 Å². The third-order valence-corrected chi connectivity index (χ3v) is 2.66. The minimum atomic E-state index is -0.227. The van der Waals surface area contributed by atoms with Crippen molar-refractivity contribution in [2.24, 2.45) is 17.8 Å². The van der Waals surface area contributed by atoms with Gasteiger partial charge in [0.15, 0.2) is 5.17 Å². The smallest absolute Gasteiger partial charge is 0.276 e. The number of nitrogens with zero attached hydrogens (tertiary/aromatic N) is 2. The number of thioether (sulfide) groups is 1. The fourth-order valence-corrected chi connectivity index (χ4v) is 2.01. The maximum atomic E-state index is 11.7. The Balaban J connectivity index is 3.15. The monoisotopic (exact) mass is 302 g/mol. The Labute approximate surface area is 105 Å². The second kappa shape index (κ2) is 5.31. The van der Waals surface area contributed by atoms with Crippen molar-refractivity contribution in [3.8, 4) is 0 Å². The van der Waals surface area contributed by atoms with Crippen LogP contribution in [0.5, 0.6) is 0 Å². The minimum Gasteiger partial charge on any atom is -0.378 e. The van der Waals surface area contributed by atoms with Crippen LogP contribution in [-0.2, 0) is 7.05 Å². The Hall–Kier alpha value is -1.08. The predicted octanol–water partition coefficient (Wildman–Crippen LogP) is 1.82. The first kappa shape index (κ1) is 13.0. The third kappa shape index (κ3) is 3.49. The Bertz CT molecular complexity index is 509. The maximum absolute atomic E-state index is 11.7. The predicted molar refractivity (Wildman–Crippen MR) is 71.7 cm³/mol. The number of nitrogens with two attached hydrogens (primary N) is 1. The number of aromatic nitrogens is 1. The Kier molecular flexibility index (Phi) is 4.31. The summed E-state index contributed by atoms with van der Waals surface area (Å²) >= 11 is 4.29. The summed E-state index contributed by atoms with van der Waals surface area (Å²) in [6.07, 6.45) is 1.65. The Morgan fingerprint density at radius 1 is 1.69 bits per heavy atom. The highest BCUT2D eigenvalue weighted by molar-refractivity contribution is 9.10. The van der Waals surface area contributed by atoms with E-state index in [4.69, 9.17) is 11.1 Å². The topological polar surface area (TPSA) is 84.2 Å². The van der Waals surface area contributed by atoms with E-state index < -0.39 is 0 Å². The molecule has 0 amide bonds. The maximum Gasteiger partial charge on any atom is 0.276 e. The lowest BCUT2D eigenvalue weighted by Crippen LogP contribution is -2.17. The van der Waals surface area contributed by atoms with Crippen LogP contribution in [0, 0.1) is 5.41 Å². The third-order valence-electron chi connectivity index (χ3n) is 1.62. The van der Waals surface area contributed by atoms with E-state index in [2.05, 4.69) is 20.9 Å². The van der Waals surface area contributed by atoms with Crippen molar-refractivity contribution in [2.45, 2.75) is 6.92 Å². The highest BCUT2D eigenvalue weighted by atomic mass is 79.9. The van der Waals surface area contributed by atoms with Gasteiger partial charge in [0.25, 0.3) is 5.56 Å². The van der Waals surface area contributed by atoms with Crippen molar-refractivity contribution < 1.29 is 0 Å². The SMILES string of the molecule is CC(=N)SC(N)=Nc1cc(Br)cn(C)c1=O. The van der Waals surface area contributed by atoms with Gasteiger partial charge in [-0.3, -0.25) is 10.2 Å². The van der Waals surface area contributed by atoms with E-state index in [1.54, 1.807) is 26.2 Å². The lowest BCUT2D eigenvalue weighted by atomic mass is 10.4. The Morgan fingerprint density at radius 2 is 2.31 bits per heavy atom. The molecule has 0 spiro atoms. The zero-order valence-corrected chi connectivity index (χ0v) is 11.2. The Morgan fingerprint density at radius 3 is 2.88 bits per heavy atom. The summed E-state index contributed by atoms with van der Waals surface area (Å²) in [4.78, 5) is 15.6. The first-order valence-electron chi connectivity index (χ1n) is 4.33. The molecule has 1 aromatic heterocycles. The molecule has 86 valence electrons. The highest BCUT2D eigenvalue weighted by Gasteiger charge is 2.04. The number of nitrogens with one attached hydrogen (secondary N) is 1. The van der Waals surface area contributed by atoms with Gasteiger partial charge in [-0.1, -0.05) is 0 Å². The summed E-state index contributed by atoms with van der Waals surface area (Å²) in [7, 11) is 1.64. The second-order valence-corrected chi connectivity index (χ2v) is 5.22. The highest BCUT2D eigenvalue weighted by Crippen LogP contribution is 2.15. The van der Waals surface area contributed by atoms with Gasteiger partial charge in [0.05, 0.1) is 5.04 Å². The summed E-state index contributed by atoms with van der Waals surface area (Å²) in [5, 5.41) is 7.75. The van der Waals surface area contributed by atoms with Crippen molar-refractivity contribution in [2.75, 3.05) is 0 Å². The average Bonchev–Trinajstić information content (AvgIpc) is 2.11. The van der Waals surface area contributed by atoms with Gasteiger partial charge in [-0.05, 0) is 40.7 Å². The van der Waals surface area contributed by atoms with Gasteiger partial charge in [-0.2, -0.15) is 0 Å². The van der Waals surface area contributed by atoms with E-state index in [1.165, 1.54) is 4.57 Å². The van der Waals surface area contributed by atoms with Gasteiger partial charge in [0.1, 0.15) is 5.69 Å². The molecule has 0 fully saturated rings. The lowest BCUT2D eigenvalue weighted by Gasteiger charge is -2.02. The molecule has 1 aromatic rings. The van der Waals surface area contributed by atoms with Crippen LogP contribution in [0.2, 0.25) is 0 Å². The summed E-state index contributed by atoms with van der Waals surface area (Å²) in [6, 6.07) is 1.59. The number of halogens is 1. The van der Waals surface area contributed by atoms with Gasteiger partial charge in [0, 0.05) is 17.7 Å². The fourth-order valence-electron chi connectivity index (χ4n) is 1.03. The van der Waals surface area contributed by atoms with Crippen LogP contribution in [-0.4, -0.2) is 14.8 Å². The molecule has 0 unspecified atom stereocenters. The first-order chi connectivity index (χ1) is 7.40. The number of amidine groups is 1. The summed E-state index contributed by atoms with van der Waals surface area (Å²) in [5.41, 5.74) is 5.61. The van der Waals surface area contributed by atoms with Crippen LogP contribution in [0.3, 0.4) is 0 Å². The van der Waals surface area contributed by atoms with Crippen molar-refractivity contribution in [3.05, 3.63) is 27.1 Å². The number of hydrogen-bond acceptors (Lipinski definition) is 4. The van der Waals surface area contributed by atoms with Gasteiger partial charge in [0.2, 0.25) is 0 Å². The second-order valence-electron chi connectivity index (χ2n) is 3.07. The number of rotatable bonds is 1. The van der Waals surface area contributed by atoms with Gasteiger partial charge < -0.3 is 10.3 Å². The van der Waals surface area contributed by atoms with Gasteiger partial charge in [-0.25, -0.2) is 4.99 Å². The van der Waals surface area contributed by atoms with Crippen molar-refractivity contribution in [1.82, 2.24) is 4.57 Å². The summed E-state index contributed by atoms with van der Waals surface area (Å²) < 4.78 is 2.16. The molecular formula is C9H11BrN4OS. The van der Waals surface area contributed by atoms with Crippen LogP contribution in [0.15, 0.2) is 26.5 Å². The molecule has 0 atom stereocenters. The van der Waals surface area contributed by atoms with Crippen LogP contribution >= 0.6 is 27.7 Å². The van der Waals surface area contributed by atoms with Crippen LogP contribution in [0.4, 0.5) is 5.69 Å². The molecule has 0 aliphatic rings. The van der Waals surface area contributed by atoms with E-state index in [1.807, 2.05) is 0 Å². The molecule has 0 saturated carbocycles. The van der Waals surface area contributed by atoms with E-state index in [-0.39, 0.29) is 16.4 Å². The summed E-state index contributed by atoms with van der Waals surface area (Å²) in [5.74, 6) is 0. The lowest BCUT2D eigenvalue weighted by molar-refractivity contribution is 0.856. The first-order valence-corrected chi connectivity index (χ1v) is 5.94. The molecule has 0 aromatic carbocycles. The van der Waals surface area contributed by atoms with Crippen LogP contribution in [0.1, 0.15) is 6.92 Å². The van der Waals surface area contributed by atoms with Crippen molar-refractivity contribution in [3.63, 3.8) is 0 Å². The molecule has 1 heterocycles. The van der Waals surface area contributed by atoms with E-state index in [9.17, 15) is 4.79 Å². The molecule has 3 N–H and O–H groups in total. The van der Waals surface area contributed by atoms with Gasteiger partial charge in [-0.15, -0.1) is 0 Å². The largest absolute Gasteiger partial charge is 0.378 e. The molecule has 0 aliphatic heterocycles. The number of pyridine rings is 1. The summed E-state index contributed by atoms with van der Waals surface area (Å²) in [6.45, 7) is 1.60. The molecule has 0 aliphatic carbocycles. The molecule has 16 heavy (non-hydrogen) atoms. The van der Waals surface area contributed by atoms with Gasteiger partial charge >= 0.3 is 0 Å². The van der Waals surface area contributed by atoms with E-state index >= 15 is 0 Å². The molecule has 0 saturated heterocycles. The number of aliphatic imine (C=N–C) groups is 1. The molecule has 5 nitrogen and oxygen atoms in total. The molecule has 1 rings (SSSR count). The standard InChI is InChI=1S/C9H11BrN4OS/c1-5(11)16-9(12)13-7-3-6(10)4-14(2)8(7)15/h3-4,11H,1-2H3,(H2,12,13). The fraction of sp³-hybridized carbons (Fsp3) is 0.222.